The number of hydrogen-bond acceptors (Lipinski definition) is 8. The molecule has 4 aromatic rings. The number of hydrogen-bond donors (Lipinski definition) is 2. The first-order chi connectivity index (χ1) is 16.8. The first-order valence-corrected chi connectivity index (χ1v) is 12.9. The highest BCUT2D eigenvalue weighted by Crippen LogP contribution is 2.29. The maximum Gasteiger partial charge on any atom is 0.238 e. The molecule has 0 amide bonds. The summed E-state index contributed by atoms with van der Waals surface area (Å²) in [5.41, 5.74) is 3.39. The number of rotatable bonds is 6. The lowest BCUT2D eigenvalue weighted by atomic mass is 10.0. The number of para-hydroxylation sites is 1. The van der Waals surface area contributed by atoms with E-state index in [1.807, 2.05) is 24.4 Å². The Kier molecular flexibility index (Phi) is 6.10. The lowest BCUT2D eigenvalue weighted by molar-refractivity contribution is 0.315. The second-order valence-electron chi connectivity index (χ2n) is 8.89. The van der Waals surface area contributed by atoms with E-state index in [4.69, 9.17) is 15.1 Å². The van der Waals surface area contributed by atoms with Gasteiger partial charge in [0.25, 0.3) is 0 Å². The molecule has 0 aliphatic carbocycles. The van der Waals surface area contributed by atoms with Crippen molar-refractivity contribution in [1.82, 2.24) is 19.9 Å². The van der Waals surface area contributed by atoms with Crippen molar-refractivity contribution in [3.63, 3.8) is 0 Å². The number of likely N-dealkylation sites (N-methyl/N-ethyl adjacent to an activating group) is 1. The summed E-state index contributed by atoms with van der Waals surface area (Å²) in [4.78, 5) is 18.5. The molecule has 35 heavy (non-hydrogen) atoms. The van der Waals surface area contributed by atoms with Crippen LogP contribution in [0.5, 0.6) is 0 Å². The minimum Gasteiger partial charge on any atom is -0.355 e. The quantitative estimate of drug-likeness (QED) is 0.424. The first-order valence-electron chi connectivity index (χ1n) is 11.3. The van der Waals surface area contributed by atoms with E-state index in [2.05, 4.69) is 46.3 Å². The Hall–Kier alpha value is -3.60. The van der Waals surface area contributed by atoms with E-state index < -0.39 is 10.0 Å². The van der Waals surface area contributed by atoms with E-state index in [0.717, 1.165) is 47.4 Å². The summed E-state index contributed by atoms with van der Waals surface area (Å²) in [5, 5.41) is 9.21. The Morgan fingerprint density at radius 3 is 2.49 bits per heavy atom. The standard InChI is InChI=1S/C25H27N7O2S/c1-31(2)20-12-13-32(16-20)23-11-6-17(14-27-23)22-5-3-4-18-15-28-25(30-24(18)22)29-19-7-9-21(10-8-19)35(26,33)34/h3-11,14-15,20H,12-13,16H2,1-2H3,(H2,26,33,34)(H,28,29,30)/t20-/m0/s1. The van der Waals surface area contributed by atoms with Crippen molar-refractivity contribution in [2.24, 2.45) is 5.14 Å². The van der Waals surface area contributed by atoms with Gasteiger partial charge in [-0.2, -0.15) is 0 Å². The molecule has 1 aliphatic heterocycles. The van der Waals surface area contributed by atoms with Crippen molar-refractivity contribution in [1.29, 1.82) is 0 Å². The van der Waals surface area contributed by atoms with Crippen LogP contribution in [0.25, 0.3) is 22.0 Å². The second kappa shape index (κ2) is 9.21. The Morgan fingerprint density at radius 2 is 1.83 bits per heavy atom. The van der Waals surface area contributed by atoms with Crippen LogP contribution in [0.1, 0.15) is 6.42 Å². The SMILES string of the molecule is CN(C)[C@H]1CCN(c2ccc(-c3cccc4cnc(Nc5ccc(S(N)(=O)=O)cc5)nc34)cn2)C1. The fourth-order valence-corrected chi connectivity index (χ4v) is 4.83. The molecule has 0 bridgehead atoms. The number of nitrogens with one attached hydrogen (secondary N) is 1. The van der Waals surface area contributed by atoms with Gasteiger partial charge in [-0.1, -0.05) is 18.2 Å². The molecule has 0 radical (unpaired) electrons. The molecule has 1 fully saturated rings. The molecule has 10 heteroatoms. The van der Waals surface area contributed by atoms with Crippen LogP contribution in [0.2, 0.25) is 0 Å². The maximum atomic E-state index is 11.5. The molecule has 0 saturated carbocycles. The van der Waals surface area contributed by atoms with Gasteiger partial charge in [-0.25, -0.2) is 28.5 Å². The zero-order valence-corrected chi connectivity index (χ0v) is 20.4. The van der Waals surface area contributed by atoms with E-state index in [0.29, 0.717) is 17.7 Å². The molecule has 0 unspecified atom stereocenters. The third kappa shape index (κ3) is 4.95. The van der Waals surface area contributed by atoms with E-state index >= 15 is 0 Å². The van der Waals surface area contributed by atoms with Gasteiger partial charge in [0.05, 0.1) is 10.4 Å². The molecule has 3 heterocycles. The lowest BCUT2D eigenvalue weighted by Gasteiger charge is -2.21. The van der Waals surface area contributed by atoms with Gasteiger partial charge in [0.15, 0.2) is 0 Å². The number of benzene rings is 2. The van der Waals surface area contributed by atoms with Crippen molar-refractivity contribution >= 4 is 38.4 Å². The summed E-state index contributed by atoms with van der Waals surface area (Å²) < 4.78 is 23.0. The second-order valence-corrected chi connectivity index (χ2v) is 10.5. The van der Waals surface area contributed by atoms with E-state index in [1.54, 1.807) is 18.3 Å². The smallest absolute Gasteiger partial charge is 0.238 e. The Balaban J connectivity index is 1.40. The van der Waals surface area contributed by atoms with Crippen LogP contribution in [-0.2, 0) is 10.0 Å². The van der Waals surface area contributed by atoms with Crippen molar-refractivity contribution in [2.45, 2.75) is 17.4 Å². The normalized spacial score (nSPS) is 16.2. The van der Waals surface area contributed by atoms with Crippen molar-refractivity contribution in [2.75, 3.05) is 37.4 Å². The highest BCUT2D eigenvalue weighted by molar-refractivity contribution is 7.89. The Labute approximate surface area is 204 Å². The van der Waals surface area contributed by atoms with Crippen molar-refractivity contribution < 1.29 is 8.42 Å². The summed E-state index contributed by atoms with van der Waals surface area (Å²) in [6.07, 6.45) is 4.80. The number of fused-ring (bicyclic) bond motifs is 1. The predicted octanol–water partition coefficient (Wildman–Crippen LogP) is 3.22. The molecule has 1 atom stereocenters. The van der Waals surface area contributed by atoms with Gasteiger partial charge in [0.1, 0.15) is 5.82 Å². The highest BCUT2D eigenvalue weighted by Gasteiger charge is 2.24. The average molecular weight is 490 g/mol. The van der Waals surface area contributed by atoms with Crippen molar-refractivity contribution in [3.05, 3.63) is 67.0 Å². The first kappa shape index (κ1) is 23.2. The van der Waals surface area contributed by atoms with E-state index in [-0.39, 0.29) is 4.90 Å². The molecular weight excluding hydrogens is 462 g/mol. The van der Waals surface area contributed by atoms with Gasteiger partial charge < -0.3 is 15.1 Å². The zero-order valence-electron chi connectivity index (χ0n) is 19.6. The van der Waals surface area contributed by atoms with Crippen LogP contribution < -0.4 is 15.4 Å². The molecule has 9 nitrogen and oxygen atoms in total. The minimum absolute atomic E-state index is 0.0480. The molecule has 1 aliphatic rings. The molecule has 5 rings (SSSR count). The fourth-order valence-electron chi connectivity index (χ4n) is 4.31. The third-order valence-electron chi connectivity index (χ3n) is 6.33. The molecule has 0 spiro atoms. The third-order valence-corrected chi connectivity index (χ3v) is 7.26. The van der Waals surface area contributed by atoms with Crippen LogP contribution in [0, 0.1) is 0 Å². The van der Waals surface area contributed by atoms with Crippen LogP contribution in [-0.4, -0.2) is 61.5 Å². The summed E-state index contributed by atoms with van der Waals surface area (Å²) in [7, 11) is 0.499. The lowest BCUT2D eigenvalue weighted by Crippen LogP contribution is -2.31. The number of primary sulfonamides is 1. The van der Waals surface area contributed by atoms with Gasteiger partial charge in [0, 0.05) is 53.7 Å². The predicted molar refractivity (Wildman–Crippen MR) is 138 cm³/mol. The average Bonchev–Trinajstić information content (AvgIpc) is 3.34. The zero-order chi connectivity index (χ0) is 24.6. The number of nitrogens with zero attached hydrogens (tertiary/aromatic N) is 5. The molecule has 1 saturated heterocycles. The summed E-state index contributed by atoms with van der Waals surface area (Å²) >= 11 is 0. The topological polar surface area (TPSA) is 117 Å². The molecular formula is C25H27N7O2S. The number of nitrogens with two attached hydrogens (primary N) is 1. The van der Waals surface area contributed by atoms with Crippen LogP contribution >= 0.6 is 0 Å². The van der Waals surface area contributed by atoms with Crippen LogP contribution in [0.15, 0.2) is 71.9 Å². The van der Waals surface area contributed by atoms with E-state index in [9.17, 15) is 8.42 Å². The number of aromatic nitrogens is 3. The largest absolute Gasteiger partial charge is 0.355 e. The number of sulfonamides is 1. The summed E-state index contributed by atoms with van der Waals surface area (Å²) in [5.74, 6) is 1.39. The number of pyridine rings is 1. The summed E-state index contributed by atoms with van der Waals surface area (Å²) in [6, 6.07) is 16.8. The van der Waals surface area contributed by atoms with Crippen LogP contribution in [0.4, 0.5) is 17.5 Å². The Bertz CT molecular complexity index is 1460. The van der Waals surface area contributed by atoms with Gasteiger partial charge >= 0.3 is 0 Å². The molecule has 180 valence electrons. The summed E-state index contributed by atoms with van der Waals surface area (Å²) in [6.45, 7) is 1.98. The highest BCUT2D eigenvalue weighted by atomic mass is 32.2. The van der Waals surface area contributed by atoms with Gasteiger partial charge in [-0.3, -0.25) is 0 Å². The molecule has 2 aromatic carbocycles. The van der Waals surface area contributed by atoms with Gasteiger partial charge in [-0.15, -0.1) is 0 Å². The van der Waals surface area contributed by atoms with Crippen molar-refractivity contribution in [3.8, 4) is 11.1 Å². The monoisotopic (exact) mass is 489 g/mol. The van der Waals surface area contributed by atoms with Gasteiger partial charge in [0.2, 0.25) is 16.0 Å². The number of anilines is 3. The minimum atomic E-state index is -3.74. The van der Waals surface area contributed by atoms with Gasteiger partial charge in [-0.05, 0) is 56.9 Å². The molecule has 2 aromatic heterocycles. The molecule has 3 N–H and O–H groups in total. The Morgan fingerprint density at radius 1 is 1.03 bits per heavy atom. The maximum absolute atomic E-state index is 11.5. The fraction of sp³-hybridized carbons (Fsp3) is 0.240. The van der Waals surface area contributed by atoms with E-state index in [1.165, 1.54) is 12.1 Å². The van der Waals surface area contributed by atoms with Crippen LogP contribution in [0.3, 0.4) is 0 Å².